The van der Waals surface area contributed by atoms with Crippen LogP contribution in [0.25, 0.3) is 33.6 Å². The van der Waals surface area contributed by atoms with E-state index >= 15 is 0 Å². The van der Waals surface area contributed by atoms with Crippen molar-refractivity contribution in [2.45, 2.75) is 194 Å². The summed E-state index contributed by atoms with van der Waals surface area (Å²) in [7, 11) is 0. The van der Waals surface area contributed by atoms with E-state index in [1.807, 2.05) is 309 Å². The molecule has 0 aliphatic rings. The first-order valence-electron chi connectivity index (χ1n) is 32.1. The van der Waals surface area contributed by atoms with Crippen LogP contribution in [-0.2, 0) is 0 Å². The molecule has 0 atom stereocenters. The summed E-state index contributed by atoms with van der Waals surface area (Å²) in [5.74, 6) is 0. The number of pyridine rings is 7. The van der Waals surface area contributed by atoms with E-state index in [1.54, 1.807) is 105 Å². The average molecular weight is 1210 g/mol. The summed E-state index contributed by atoms with van der Waals surface area (Å²) in [6, 6.07) is 34.9. The Balaban J connectivity index is -0.0000000829. The molecule has 490 valence electrons. The van der Waals surface area contributed by atoms with E-state index in [4.69, 9.17) is 0 Å². The number of rotatable bonds is 3. The molecule has 14 heteroatoms. The standard InChI is InChI=1S/3C10H8N2.C5H5N.2C4H4N2.C3H3N3.14C2H6/c1-5-11-6-2-9(1)10-3-7-12-8-4-10;1-3-9(7-11-5-1)10-4-2-6-12-8-10;1-3-7-11-9(5-1)10-6-2-4-8-12-10;1-2-4-6-5-3-1;1-2-6-4-3-5-1;1-2-5-4-6-3-1;1-4-2-6-3-5-1;14*1-2/h3*1-8H;1-5H;2*1-4H;1-3H;14*1-2H3. The molecular formula is C74H124N14. The first-order valence-corrected chi connectivity index (χ1v) is 32.1. The van der Waals surface area contributed by atoms with E-state index in [0.717, 1.165) is 22.5 Å². The summed E-state index contributed by atoms with van der Waals surface area (Å²) in [5.41, 5.74) is 6.38. The summed E-state index contributed by atoms with van der Waals surface area (Å²) >= 11 is 0. The van der Waals surface area contributed by atoms with Crippen LogP contribution in [0.5, 0.6) is 0 Å². The van der Waals surface area contributed by atoms with Gasteiger partial charge in [0.05, 0.1) is 11.4 Å². The third-order valence-electron chi connectivity index (χ3n) is 6.86. The highest BCUT2D eigenvalue weighted by atomic mass is 14.9. The zero-order valence-electron chi connectivity index (χ0n) is 60.4. The average Bonchev–Trinajstić information content (AvgIpc) is 3.79. The maximum Gasteiger partial charge on any atom is 0.119 e. The van der Waals surface area contributed by atoms with Crippen LogP contribution in [0.2, 0.25) is 0 Å². The van der Waals surface area contributed by atoms with Crippen molar-refractivity contribution >= 4 is 0 Å². The van der Waals surface area contributed by atoms with Gasteiger partial charge in [-0.25, -0.2) is 24.9 Å². The highest BCUT2D eigenvalue weighted by molar-refractivity contribution is 5.62. The second-order valence-electron chi connectivity index (χ2n) is 11.0. The Labute approximate surface area is 540 Å². The summed E-state index contributed by atoms with van der Waals surface area (Å²) in [5, 5.41) is 0. The molecule has 0 aromatic carbocycles. The molecule has 0 bridgehead atoms. The molecule has 0 unspecified atom stereocenters. The Bertz CT molecular complexity index is 1870. The molecule has 0 aliphatic carbocycles. The van der Waals surface area contributed by atoms with Crippen LogP contribution < -0.4 is 0 Å². The number of nitrogens with zero attached hydrogens (tertiary/aromatic N) is 14. The van der Waals surface area contributed by atoms with Crippen LogP contribution in [0.15, 0.2) is 246 Å². The number of hydrogen-bond acceptors (Lipinski definition) is 14. The SMILES string of the molecule is CC.CC.CC.CC.CC.CC.CC.CC.CC.CC.CC.CC.CC.CC.c1cc(-c2ccncc2)ccn1.c1ccc(-c2ccccn2)nc1.c1ccncc1.c1cncc(-c2cccnc2)c1.c1cnccn1.c1cncnc1.c1ncncn1. The van der Waals surface area contributed by atoms with Crippen LogP contribution in [0.3, 0.4) is 0 Å². The minimum atomic E-state index is 0.915. The molecule has 10 heterocycles. The van der Waals surface area contributed by atoms with E-state index in [1.165, 1.54) is 36.4 Å². The smallest absolute Gasteiger partial charge is 0.119 e. The van der Waals surface area contributed by atoms with Crippen LogP contribution in [0, 0.1) is 0 Å². The maximum atomic E-state index is 4.19. The topological polar surface area (TPSA) is 180 Å². The normalized spacial score (nSPS) is 7.09. The molecule has 14 nitrogen and oxygen atoms in total. The van der Waals surface area contributed by atoms with Crippen LogP contribution in [0.1, 0.15) is 194 Å². The van der Waals surface area contributed by atoms with Gasteiger partial charge in [0.25, 0.3) is 0 Å². The molecule has 0 spiro atoms. The molecule has 0 N–H and O–H groups in total. The van der Waals surface area contributed by atoms with E-state index in [2.05, 4.69) is 69.8 Å². The first-order chi connectivity index (χ1) is 43.9. The fraction of sp³-hybridized carbons (Fsp3) is 0.378. The van der Waals surface area contributed by atoms with Gasteiger partial charge in [0.15, 0.2) is 0 Å². The Morgan fingerprint density at radius 1 is 0.159 bits per heavy atom. The van der Waals surface area contributed by atoms with Crippen molar-refractivity contribution in [2.24, 2.45) is 0 Å². The molecule has 0 radical (unpaired) electrons. The Morgan fingerprint density at radius 2 is 0.409 bits per heavy atom. The summed E-state index contributed by atoms with van der Waals surface area (Å²) < 4.78 is 0. The monoisotopic (exact) mass is 1210 g/mol. The van der Waals surface area contributed by atoms with Gasteiger partial charge in [0, 0.05) is 123 Å². The van der Waals surface area contributed by atoms with Crippen molar-refractivity contribution in [2.75, 3.05) is 0 Å². The van der Waals surface area contributed by atoms with Gasteiger partial charge in [-0.15, -0.1) is 0 Å². The van der Waals surface area contributed by atoms with Crippen molar-refractivity contribution in [1.82, 2.24) is 69.8 Å². The lowest BCUT2D eigenvalue weighted by atomic mass is 10.1. The molecular weight excluding hydrogens is 1080 g/mol. The summed E-state index contributed by atoms with van der Waals surface area (Å²) in [4.78, 5) is 53.6. The van der Waals surface area contributed by atoms with Gasteiger partial charge in [-0.05, 0) is 90.0 Å². The zero-order valence-corrected chi connectivity index (χ0v) is 60.4. The Kier molecular flexibility index (Phi) is 138. The number of aromatic nitrogens is 14. The van der Waals surface area contributed by atoms with Crippen molar-refractivity contribution < 1.29 is 0 Å². The second kappa shape index (κ2) is 117. The Morgan fingerprint density at radius 3 is 0.591 bits per heavy atom. The molecule has 0 aliphatic heterocycles. The minimum absolute atomic E-state index is 0.915. The molecule has 10 rings (SSSR count). The van der Waals surface area contributed by atoms with Crippen molar-refractivity contribution in [3.8, 4) is 33.6 Å². The highest BCUT2D eigenvalue weighted by Crippen LogP contribution is 2.16. The van der Waals surface area contributed by atoms with Crippen molar-refractivity contribution in [1.29, 1.82) is 0 Å². The lowest BCUT2D eigenvalue weighted by Crippen LogP contribution is -1.83. The van der Waals surface area contributed by atoms with Gasteiger partial charge in [-0.2, -0.15) is 0 Å². The largest absolute Gasteiger partial charge is 0.265 e. The quantitative estimate of drug-likeness (QED) is 0.163. The van der Waals surface area contributed by atoms with Gasteiger partial charge in [-0.1, -0.05) is 224 Å². The van der Waals surface area contributed by atoms with E-state index in [9.17, 15) is 0 Å². The molecule has 88 heavy (non-hydrogen) atoms. The van der Waals surface area contributed by atoms with Crippen molar-refractivity contribution in [3.63, 3.8) is 0 Å². The molecule has 0 amide bonds. The van der Waals surface area contributed by atoms with Gasteiger partial charge < -0.3 is 0 Å². The van der Waals surface area contributed by atoms with Gasteiger partial charge in [0.1, 0.15) is 25.3 Å². The van der Waals surface area contributed by atoms with Crippen LogP contribution >= 0.6 is 0 Å². The maximum absolute atomic E-state index is 4.19. The zero-order chi connectivity index (χ0) is 69.6. The summed E-state index contributed by atoms with van der Waals surface area (Å²) in [6.07, 6.45) is 37.1. The van der Waals surface area contributed by atoms with E-state index in [-0.39, 0.29) is 0 Å². The third kappa shape index (κ3) is 79.3. The van der Waals surface area contributed by atoms with Crippen LogP contribution in [0.4, 0.5) is 0 Å². The predicted molar refractivity (Wildman–Crippen MR) is 389 cm³/mol. The fourth-order valence-corrected chi connectivity index (χ4v) is 4.21. The van der Waals surface area contributed by atoms with Gasteiger partial charge >= 0.3 is 0 Å². The van der Waals surface area contributed by atoms with Gasteiger partial charge in [0.2, 0.25) is 0 Å². The molecule has 0 saturated carbocycles. The minimum Gasteiger partial charge on any atom is -0.265 e. The lowest BCUT2D eigenvalue weighted by molar-refractivity contribution is 1.05. The lowest BCUT2D eigenvalue weighted by Gasteiger charge is -1.97. The highest BCUT2D eigenvalue weighted by Gasteiger charge is 1.96. The van der Waals surface area contributed by atoms with E-state index < -0.39 is 0 Å². The van der Waals surface area contributed by atoms with E-state index in [0.29, 0.717) is 0 Å². The van der Waals surface area contributed by atoms with Gasteiger partial charge in [-0.3, -0.25) is 44.9 Å². The van der Waals surface area contributed by atoms with Crippen molar-refractivity contribution in [3.05, 3.63) is 246 Å². The molecule has 10 aromatic rings. The molecule has 0 saturated heterocycles. The number of hydrogen-bond donors (Lipinski definition) is 0. The predicted octanol–water partition coefficient (Wildman–Crippen LogP) is 22.7. The van der Waals surface area contributed by atoms with Crippen LogP contribution in [-0.4, -0.2) is 69.8 Å². The third-order valence-corrected chi connectivity index (χ3v) is 6.86. The summed E-state index contributed by atoms with van der Waals surface area (Å²) in [6.45, 7) is 56.0. The molecule has 0 fully saturated rings. The fourth-order valence-electron chi connectivity index (χ4n) is 4.21. The second-order valence-corrected chi connectivity index (χ2v) is 11.0. The first kappa shape index (κ1) is 104. The molecule has 10 aromatic heterocycles. The Hall–Kier alpha value is -8.78.